The van der Waals surface area contributed by atoms with E-state index in [0.29, 0.717) is 17.4 Å². The molecule has 2 aromatic heterocycles. The quantitative estimate of drug-likeness (QED) is 0.422. The number of fused-ring (bicyclic) bond motifs is 1. The molecule has 2 aromatic carbocycles. The van der Waals surface area contributed by atoms with E-state index >= 15 is 0 Å². The minimum atomic E-state index is 0.492. The molecule has 2 heterocycles. The summed E-state index contributed by atoms with van der Waals surface area (Å²) in [5.41, 5.74) is 2.50. The van der Waals surface area contributed by atoms with E-state index in [1.165, 1.54) is 0 Å². The Bertz CT molecular complexity index is 965. The summed E-state index contributed by atoms with van der Waals surface area (Å²) >= 11 is 4.30. The van der Waals surface area contributed by atoms with E-state index in [0.717, 1.165) is 21.7 Å². The number of rotatable bonds is 4. The van der Waals surface area contributed by atoms with Crippen molar-refractivity contribution in [1.29, 1.82) is 0 Å². The number of benzene rings is 2. The fourth-order valence-electron chi connectivity index (χ4n) is 2.32. The molecule has 4 aromatic rings. The molecule has 0 fully saturated rings. The lowest BCUT2D eigenvalue weighted by molar-refractivity contribution is 1.09. The standard InChI is InChI=1S/C17H14N6S/c24-13-8-6-12(7-9-13)19-15-14-10-18-23-16(14)22-17(21-15)20-11-4-2-1-3-5-11/h1-10,24H,(H3,18,19,20,21,22,23). The van der Waals surface area contributed by atoms with Gasteiger partial charge in [-0.2, -0.15) is 15.1 Å². The molecular formula is C17H14N6S. The molecule has 24 heavy (non-hydrogen) atoms. The molecule has 3 N–H and O–H groups in total. The van der Waals surface area contributed by atoms with E-state index in [-0.39, 0.29) is 0 Å². The molecule has 118 valence electrons. The Morgan fingerprint density at radius 1 is 0.833 bits per heavy atom. The van der Waals surface area contributed by atoms with Crippen molar-refractivity contribution in [1.82, 2.24) is 20.2 Å². The molecule has 0 aliphatic carbocycles. The Labute approximate surface area is 143 Å². The first-order valence-electron chi connectivity index (χ1n) is 7.37. The van der Waals surface area contributed by atoms with Crippen LogP contribution in [0.2, 0.25) is 0 Å². The number of thiol groups is 1. The zero-order valence-corrected chi connectivity index (χ0v) is 13.5. The predicted molar refractivity (Wildman–Crippen MR) is 98.4 cm³/mol. The fourth-order valence-corrected chi connectivity index (χ4v) is 2.47. The Balaban J connectivity index is 1.71. The zero-order chi connectivity index (χ0) is 16.4. The number of hydrogen-bond donors (Lipinski definition) is 4. The van der Waals surface area contributed by atoms with E-state index in [9.17, 15) is 0 Å². The highest BCUT2D eigenvalue weighted by atomic mass is 32.1. The van der Waals surface area contributed by atoms with E-state index in [4.69, 9.17) is 0 Å². The third kappa shape index (κ3) is 3.02. The second-order valence-electron chi connectivity index (χ2n) is 5.19. The van der Waals surface area contributed by atoms with E-state index in [2.05, 4.69) is 43.4 Å². The van der Waals surface area contributed by atoms with Crippen molar-refractivity contribution in [2.75, 3.05) is 10.6 Å². The largest absolute Gasteiger partial charge is 0.339 e. The summed E-state index contributed by atoms with van der Waals surface area (Å²) in [6.07, 6.45) is 1.71. The molecular weight excluding hydrogens is 320 g/mol. The third-order valence-corrected chi connectivity index (χ3v) is 3.77. The molecule has 0 aliphatic rings. The van der Waals surface area contributed by atoms with Crippen molar-refractivity contribution in [2.45, 2.75) is 4.90 Å². The number of H-pyrrole nitrogens is 1. The Hall–Kier alpha value is -3.06. The number of nitrogens with zero attached hydrogens (tertiary/aromatic N) is 3. The highest BCUT2D eigenvalue weighted by Gasteiger charge is 2.10. The van der Waals surface area contributed by atoms with Gasteiger partial charge in [0, 0.05) is 16.3 Å². The zero-order valence-electron chi connectivity index (χ0n) is 12.6. The number of nitrogens with one attached hydrogen (secondary N) is 3. The van der Waals surface area contributed by atoms with Crippen LogP contribution in [-0.4, -0.2) is 20.2 Å². The van der Waals surface area contributed by atoms with Gasteiger partial charge in [-0.3, -0.25) is 5.10 Å². The van der Waals surface area contributed by atoms with Gasteiger partial charge >= 0.3 is 0 Å². The number of anilines is 4. The molecule has 0 aliphatic heterocycles. The molecule has 6 nitrogen and oxygen atoms in total. The highest BCUT2D eigenvalue weighted by Crippen LogP contribution is 2.25. The van der Waals surface area contributed by atoms with Crippen LogP contribution in [0.3, 0.4) is 0 Å². The topological polar surface area (TPSA) is 78.5 Å². The summed E-state index contributed by atoms with van der Waals surface area (Å²) in [7, 11) is 0. The molecule has 0 radical (unpaired) electrons. The predicted octanol–water partition coefficient (Wildman–Crippen LogP) is 4.13. The lowest BCUT2D eigenvalue weighted by atomic mass is 10.3. The van der Waals surface area contributed by atoms with Gasteiger partial charge in [-0.25, -0.2) is 0 Å². The van der Waals surface area contributed by atoms with Gasteiger partial charge in [0.1, 0.15) is 5.82 Å². The molecule has 0 bridgehead atoms. The van der Waals surface area contributed by atoms with Gasteiger partial charge < -0.3 is 10.6 Å². The Morgan fingerprint density at radius 2 is 1.58 bits per heavy atom. The number of aromatic amines is 1. The summed E-state index contributed by atoms with van der Waals surface area (Å²) in [6.45, 7) is 0. The highest BCUT2D eigenvalue weighted by molar-refractivity contribution is 7.80. The lowest BCUT2D eigenvalue weighted by Gasteiger charge is -2.10. The molecule has 4 rings (SSSR count). The summed E-state index contributed by atoms with van der Waals surface area (Å²) in [5, 5.41) is 14.3. The fraction of sp³-hybridized carbons (Fsp3) is 0. The monoisotopic (exact) mass is 334 g/mol. The first-order chi connectivity index (χ1) is 11.8. The van der Waals surface area contributed by atoms with Crippen molar-refractivity contribution < 1.29 is 0 Å². The van der Waals surface area contributed by atoms with Crippen LogP contribution in [0.5, 0.6) is 0 Å². The second-order valence-corrected chi connectivity index (χ2v) is 5.71. The minimum absolute atomic E-state index is 0.492. The van der Waals surface area contributed by atoms with Crippen LogP contribution < -0.4 is 10.6 Å². The van der Waals surface area contributed by atoms with Crippen LogP contribution >= 0.6 is 12.6 Å². The summed E-state index contributed by atoms with van der Waals surface area (Å²) in [6, 6.07) is 17.5. The Kier molecular flexibility index (Phi) is 3.76. The average Bonchev–Trinajstić information content (AvgIpc) is 3.07. The first kappa shape index (κ1) is 14.5. The smallest absolute Gasteiger partial charge is 0.231 e. The molecule has 0 saturated heterocycles. The third-order valence-electron chi connectivity index (χ3n) is 3.47. The van der Waals surface area contributed by atoms with Crippen LogP contribution in [-0.2, 0) is 0 Å². The van der Waals surface area contributed by atoms with E-state index < -0.39 is 0 Å². The number of aromatic nitrogens is 4. The van der Waals surface area contributed by atoms with Crippen LogP contribution in [0.15, 0.2) is 65.7 Å². The maximum Gasteiger partial charge on any atom is 0.231 e. The van der Waals surface area contributed by atoms with Crippen molar-refractivity contribution in [3.8, 4) is 0 Å². The van der Waals surface area contributed by atoms with Crippen molar-refractivity contribution in [2.24, 2.45) is 0 Å². The average molecular weight is 334 g/mol. The lowest BCUT2D eigenvalue weighted by Crippen LogP contribution is -2.01. The number of hydrogen-bond acceptors (Lipinski definition) is 6. The number of para-hydroxylation sites is 1. The summed E-state index contributed by atoms with van der Waals surface area (Å²) in [5.74, 6) is 1.17. The molecule has 0 saturated carbocycles. The van der Waals surface area contributed by atoms with Crippen LogP contribution in [0.1, 0.15) is 0 Å². The van der Waals surface area contributed by atoms with E-state index in [1.807, 2.05) is 54.6 Å². The minimum Gasteiger partial charge on any atom is -0.339 e. The first-order valence-corrected chi connectivity index (χ1v) is 7.82. The van der Waals surface area contributed by atoms with Crippen molar-refractivity contribution >= 4 is 46.8 Å². The van der Waals surface area contributed by atoms with Gasteiger partial charge in [0.15, 0.2) is 5.65 Å². The summed E-state index contributed by atoms with van der Waals surface area (Å²) in [4.78, 5) is 9.93. The molecule has 7 heteroatoms. The van der Waals surface area contributed by atoms with Crippen LogP contribution in [0.4, 0.5) is 23.1 Å². The van der Waals surface area contributed by atoms with Crippen molar-refractivity contribution in [3.05, 3.63) is 60.8 Å². The normalized spacial score (nSPS) is 10.7. The maximum absolute atomic E-state index is 4.57. The Morgan fingerprint density at radius 3 is 2.38 bits per heavy atom. The van der Waals surface area contributed by atoms with Gasteiger partial charge in [0.05, 0.1) is 11.6 Å². The van der Waals surface area contributed by atoms with E-state index in [1.54, 1.807) is 6.20 Å². The van der Waals surface area contributed by atoms with Gasteiger partial charge in [-0.05, 0) is 36.4 Å². The second kappa shape index (κ2) is 6.21. The van der Waals surface area contributed by atoms with Gasteiger partial charge in [0.25, 0.3) is 0 Å². The maximum atomic E-state index is 4.57. The molecule has 0 spiro atoms. The van der Waals surface area contributed by atoms with Gasteiger partial charge in [0.2, 0.25) is 5.95 Å². The summed E-state index contributed by atoms with van der Waals surface area (Å²) < 4.78 is 0. The molecule has 0 atom stereocenters. The molecule has 0 unspecified atom stereocenters. The van der Waals surface area contributed by atoms with Crippen molar-refractivity contribution in [3.63, 3.8) is 0 Å². The van der Waals surface area contributed by atoms with Crippen LogP contribution in [0.25, 0.3) is 11.0 Å². The molecule has 0 amide bonds. The van der Waals surface area contributed by atoms with Gasteiger partial charge in [-0.15, -0.1) is 12.6 Å². The van der Waals surface area contributed by atoms with Crippen LogP contribution in [0, 0.1) is 0 Å². The van der Waals surface area contributed by atoms with Gasteiger partial charge in [-0.1, -0.05) is 18.2 Å². The SMILES string of the molecule is Sc1ccc(Nc2nc(Nc3ccccc3)nc3[nH]ncc23)cc1.